The quantitative estimate of drug-likeness (QED) is 0.837. The van der Waals surface area contributed by atoms with Crippen LogP contribution in [0.1, 0.15) is 13.8 Å². The van der Waals surface area contributed by atoms with Crippen LogP contribution in [0.2, 0.25) is 0 Å². The van der Waals surface area contributed by atoms with Crippen molar-refractivity contribution in [2.45, 2.75) is 25.9 Å². The average Bonchev–Trinajstić information content (AvgIpc) is 2.52. The summed E-state index contributed by atoms with van der Waals surface area (Å²) < 4.78 is 27.7. The van der Waals surface area contributed by atoms with Gasteiger partial charge in [-0.1, -0.05) is 0 Å². The first-order valence-corrected chi connectivity index (χ1v) is 7.99. The minimum Gasteiger partial charge on any atom is -0.329 e. The molecular formula is C11H16N4O2S2. The molecule has 2 aromatic heterocycles. The SMILES string of the molecule is CC(C)(Cn1c(=S)[nH]c2cnccc21)NS(C)(=O)=O. The third kappa shape index (κ3) is 3.40. The van der Waals surface area contributed by atoms with Crippen LogP contribution in [0.25, 0.3) is 11.0 Å². The van der Waals surface area contributed by atoms with E-state index in [0.717, 1.165) is 17.3 Å². The van der Waals surface area contributed by atoms with Crippen LogP contribution in [0.4, 0.5) is 0 Å². The minimum absolute atomic E-state index is 0.433. The van der Waals surface area contributed by atoms with E-state index in [2.05, 4.69) is 14.7 Å². The van der Waals surface area contributed by atoms with Crippen molar-refractivity contribution in [2.24, 2.45) is 0 Å². The number of imidazole rings is 1. The number of rotatable bonds is 4. The molecule has 8 heteroatoms. The van der Waals surface area contributed by atoms with Gasteiger partial charge in [-0.25, -0.2) is 13.1 Å². The predicted octanol–water partition coefficient (Wildman–Crippen LogP) is 1.42. The molecule has 6 nitrogen and oxygen atoms in total. The molecule has 0 saturated carbocycles. The van der Waals surface area contributed by atoms with E-state index in [-0.39, 0.29) is 0 Å². The van der Waals surface area contributed by atoms with Crippen LogP contribution < -0.4 is 4.72 Å². The van der Waals surface area contributed by atoms with Crippen LogP contribution in [0, 0.1) is 4.77 Å². The van der Waals surface area contributed by atoms with E-state index in [1.165, 1.54) is 0 Å². The molecule has 0 aromatic carbocycles. The molecule has 0 radical (unpaired) electrons. The van der Waals surface area contributed by atoms with Gasteiger partial charge in [0.2, 0.25) is 10.0 Å². The Balaban J connectivity index is 2.41. The molecule has 0 fully saturated rings. The normalized spacial score (nSPS) is 13.0. The van der Waals surface area contributed by atoms with Gasteiger partial charge in [0.05, 0.1) is 23.5 Å². The van der Waals surface area contributed by atoms with E-state index < -0.39 is 15.6 Å². The molecular weight excluding hydrogens is 284 g/mol. The second-order valence-corrected chi connectivity index (χ2v) is 7.30. The summed E-state index contributed by atoms with van der Waals surface area (Å²) in [5, 5.41) is 0. The van der Waals surface area contributed by atoms with Gasteiger partial charge >= 0.3 is 0 Å². The highest BCUT2D eigenvalue weighted by atomic mass is 32.2. The first kappa shape index (κ1) is 14.2. The molecule has 0 aliphatic heterocycles. The van der Waals surface area contributed by atoms with Gasteiger partial charge in [0.1, 0.15) is 0 Å². The highest BCUT2D eigenvalue weighted by Crippen LogP contribution is 2.16. The Kier molecular flexibility index (Phi) is 3.50. The summed E-state index contributed by atoms with van der Waals surface area (Å²) >= 11 is 5.26. The number of pyridine rings is 1. The maximum Gasteiger partial charge on any atom is 0.209 e. The summed E-state index contributed by atoms with van der Waals surface area (Å²) in [6, 6.07) is 1.85. The second kappa shape index (κ2) is 4.69. The lowest BCUT2D eigenvalue weighted by atomic mass is 10.1. The van der Waals surface area contributed by atoms with Crippen molar-refractivity contribution in [1.82, 2.24) is 19.3 Å². The van der Waals surface area contributed by atoms with Crippen molar-refractivity contribution in [2.75, 3.05) is 6.26 Å². The average molecular weight is 300 g/mol. The van der Waals surface area contributed by atoms with Crippen molar-refractivity contribution in [1.29, 1.82) is 0 Å². The number of sulfonamides is 1. The van der Waals surface area contributed by atoms with E-state index in [1.54, 1.807) is 12.4 Å². The monoisotopic (exact) mass is 300 g/mol. The van der Waals surface area contributed by atoms with Gasteiger partial charge in [-0.2, -0.15) is 0 Å². The zero-order valence-electron chi connectivity index (χ0n) is 11.0. The maximum atomic E-state index is 11.4. The standard InChI is InChI=1S/C11H16N4O2S2/c1-11(2,14-19(3,16)17)7-15-9-4-5-12-6-8(9)13-10(15)18/h4-6,14H,7H2,1-3H3,(H,13,18). The van der Waals surface area contributed by atoms with Crippen LogP contribution in [-0.4, -0.2) is 34.7 Å². The van der Waals surface area contributed by atoms with Crippen molar-refractivity contribution in [3.8, 4) is 0 Å². The van der Waals surface area contributed by atoms with E-state index in [1.807, 2.05) is 24.5 Å². The minimum atomic E-state index is -3.27. The number of H-pyrrole nitrogens is 1. The first-order chi connectivity index (χ1) is 8.68. The molecule has 0 aliphatic rings. The lowest BCUT2D eigenvalue weighted by Crippen LogP contribution is -2.46. The Morgan fingerprint density at radius 1 is 1.53 bits per heavy atom. The van der Waals surface area contributed by atoms with Gasteiger partial charge in [0.25, 0.3) is 0 Å². The Labute approximate surface area is 116 Å². The van der Waals surface area contributed by atoms with Crippen molar-refractivity contribution in [3.05, 3.63) is 23.2 Å². The van der Waals surface area contributed by atoms with Crippen LogP contribution >= 0.6 is 12.2 Å². The van der Waals surface area contributed by atoms with Crippen LogP contribution in [0.5, 0.6) is 0 Å². The molecule has 2 N–H and O–H groups in total. The number of aromatic nitrogens is 3. The zero-order valence-corrected chi connectivity index (χ0v) is 12.6. The molecule has 0 unspecified atom stereocenters. The number of nitrogens with one attached hydrogen (secondary N) is 2. The lowest BCUT2D eigenvalue weighted by Gasteiger charge is -2.25. The Hall–Kier alpha value is -1.25. The zero-order chi connectivity index (χ0) is 14.3. The molecule has 0 saturated heterocycles. The van der Waals surface area contributed by atoms with Gasteiger partial charge in [-0.3, -0.25) is 4.98 Å². The summed E-state index contributed by atoms with van der Waals surface area (Å²) in [5.41, 5.74) is 1.11. The molecule has 104 valence electrons. The maximum absolute atomic E-state index is 11.4. The molecule has 2 rings (SSSR count). The summed E-state index contributed by atoms with van der Waals surface area (Å²) in [5.74, 6) is 0. The smallest absolute Gasteiger partial charge is 0.209 e. The fourth-order valence-corrected chi connectivity index (χ4v) is 3.44. The third-order valence-electron chi connectivity index (χ3n) is 2.59. The fraction of sp³-hybridized carbons (Fsp3) is 0.455. The molecule has 0 bridgehead atoms. The summed E-state index contributed by atoms with van der Waals surface area (Å²) in [6.07, 6.45) is 4.52. The molecule has 19 heavy (non-hydrogen) atoms. The van der Waals surface area contributed by atoms with Crippen molar-refractivity contribution >= 4 is 33.3 Å². The van der Waals surface area contributed by atoms with E-state index in [4.69, 9.17) is 12.2 Å². The van der Waals surface area contributed by atoms with Gasteiger partial charge in [-0.05, 0) is 32.1 Å². The molecule has 2 heterocycles. The molecule has 0 spiro atoms. The van der Waals surface area contributed by atoms with Crippen LogP contribution in [0.15, 0.2) is 18.5 Å². The Morgan fingerprint density at radius 2 is 2.21 bits per heavy atom. The number of fused-ring (bicyclic) bond motifs is 1. The van der Waals surface area contributed by atoms with E-state index >= 15 is 0 Å². The van der Waals surface area contributed by atoms with Crippen molar-refractivity contribution < 1.29 is 8.42 Å². The summed E-state index contributed by atoms with van der Waals surface area (Å²) in [6.45, 7) is 4.06. The summed E-state index contributed by atoms with van der Waals surface area (Å²) in [4.78, 5) is 7.07. The highest BCUT2D eigenvalue weighted by molar-refractivity contribution is 7.88. The molecule has 0 aliphatic carbocycles. The lowest BCUT2D eigenvalue weighted by molar-refractivity contribution is 0.394. The topological polar surface area (TPSA) is 79.8 Å². The third-order valence-corrected chi connectivity index (χ3v) is 3.84. The van der Waals surface area contributed by atoms with E-state index in [9.17, 15) is 8.42 Å². The Bertz CT molecular complexity index is 758. The predicted molar refractivity (Wildman–Crippen MR) is 77.0 cm³/mol. The first-order valence-electron chi connectivity index (χ1n) is 5.69. The number of hydrogen-bond donors (Lipinski definition) is 2. The van der Waals surface area contributed by atoms with Gasteiger partial charge in [-0.15, -0.1) is 0 Å². The largest absolute Gasteiger partial charge is 0.329 e. The number of hydrogen-bond acceptors (Lipinski definition) is 4. The summed E-state index contributed by atoms with van der Waals surface area (Å²) in [7, 11) is -3.27. The molecule has 0 amide bonds. The Morgan fingerprint density at radius 3 is 2.84 bits per heavy atom. The molecule has 2 aromatic rings. The number of aromatic amines is 1. The highest BCUT2D eigenvalue weighted by Gasteiger charge is 2.23. The molecule has 0 atom stereocenters. The number of nitrogens with zero attached hydrogens (tertiary/aromatic N) is 2. The fourth-order valence-electron chi connectivity index (χ4n) is 2.10. The van der Waals surface area contributed by atoms with Crippen LogP contribution in [-0.2, 0) is 16.6 Å². The van der Waals surface area contributed by atoms with Gasteiger partial charge in [0, 0.05) is 18.3 Å². The van der Waals surface area contributed by atoms with Crippen molar-refractivity contribution in [3.63, 3.8) is 0 Å². The van der Waals surface area contributed by atoms with Gasteiger partial charge in [0.15, 0.2) is 4.77 Å². The van der Waals surface area contributed by atoms with E-state index in [0.29, 0.717) is 11.3 Å². The second-order valence-electron chi connectivity index (χ2n) is 5.17. The van der Waals surface area contributed by atoms with Crippen LogP contribution in [0.3, 0.4) is 0 Å². The van der Waals surface area contributed by atoms with Gasteiger partial charge < -0.3 is 9.55 Å².